The van der Waals surface area contributed by atoms with E-state index < -0.39 is 0 Å². The third kappa shape index (κ3) is 2.68. The first-order valence-corrected chi connectivity index (χ1v) is 5.58. The minimum absolute atomic E-state index is 0.300. The molecule has 0 spiro atoms. The highest BCUT2D eigenvalue weighted by molar-refractivity contribution is 5.36. The van der Waals surface area contributed by atoms with Gasteiger partial charge in [-0.2, -0.15) is 0 Å². The van der Waals surface area contributed by atoms with Crippen molar-refractivity contribution in [2.45, 2.75) is 19.8 Å². The number of hydrogen-bond donors (Lipinski definition) is 1. The summed E-state index contributed by atoms with van der Waals surface area (Å²) < 4.78 is 15.1. The smallest absolute Gasteiger partial charge is 0.148 e. The van der Waals surface area contributed by atoms with E-state index in [4.69, 9.17) is 5.73 Å². The topological polar surface area (TPSA) is 56.7 Å². The summed E-state index contributed by atoms with van der Waals surface area (Å²) in [5.41, 5.74) is 7.67. The second kappa shape index (κ2) is 5.05. The lowest BCUT2D eigenvalue weighted by molar-refractivity contribution is 0.606. The quantitative estimate of drug-likeness (QED) is 0.874. The van der Waals surface area contributed by atoms with E-state index in [1.54, 1.807) is 18.3 Å². The van der Waals surface area contributed by atoms with Gasteiger partial charge in [0.15, 0.2) is 0 Å². The van der Waals surface area contributed by atoms with Crippen molar-refractivity contribution in [3.05, 3.63) is 41.5 Å². The molecule has 17 heavy (non-hydrogen) atoms. The minimum atomic E-state index is -0.300. The fourth-order valence-corrected chi connectivity index (χ4v) is 1.61. The van der Waals surface area contributed by atoms with E-state index in [1.807, 2.05) is 6.92 Å². The maximum Gasteiger partial charge on any atom is 0.148 e. The number of aryl methyl sites for hydroxylation is 2. The van der Waals surface area contributed by atoms with Gasteiger partial charge in [-0.05, 0) is 44.0 Å². The maximum absolute atomic E-state index is 13.6. The second-order valence-electron chi connectivity index (χ2n) is 4.00. The van der Waals surface area contributed by atoms with Crippen LogP contribution < -0.4 is 5.73 Å². The molecule has 0 saturated carbocycles. The Morgan fingerprint density at radius 3 is 3.00 bits per heavy atom. The van der Waals surface area contributed by atoms with Gasteiger partial charge in [0.25, 0.3) is 0 Å². The number of rotatable bonds is 4. The van der Waals surface area contributed by atoms with E-state index >= 15 is 0 Å². The van der Waals surface area contributed by atoms with Crippen LogP contribution in [0.15, 0.2) is 24.4 Å². The molecule has 5 heteroatoms. The zero-order valence-corrected chi connectivity index (χ0v) is 9.73. The highest BCUT2D eigenvalue weighted by atomic mass is 19.1. The highest BCUT2D eigenvalue weighted by Crippen LogP contribution is 2.14. The van der Waals surface area contributed by atoms with Gasteiger partial charge in [0.1, 0.15) is 11.5 Å². The first-order chi connectivity index (χ1) is 8.20. The van der Waals surface area contributed by atoms with Gasteiger partial charge in [0.05, 0.1) is 11.9 Å². The zero-order valence-electron chi connectivity index (χ0n) is 9.73. The van der Waals surface area contributed by atoms with Crippen LogP contribution in [0.2, 0.25) is 0 Å². The molecule has 1 aromatic carbocycles. The zero-order chi connectivity index (χ0) is 12.3. The molecule has 0 bridgehead atoms. The third-order valence-corrected chi connectivity index (χ3v) is 2.53. The van der Waals surface area contributed by atoms with E-state index in [2.05, 4.69) is 10.3 Å². The first kappa shape index (κ1) is 11.7. The monoisotopic (exact) mass is 234 g/mol. The number of hydrogen-bond acceptors (Lipinski definition) is 3. The number of nitrogens with zero attached hydrogens (tertiary/aromatic N) is 3. The summed E-state index contributed by atoms with van der Waals surface area (Å²) >= 11 is 0. The van der Waals surface area contributed by atoms with Crippen LogP contribution in [0.5, 0.6) is 0 Å². The Bertz CT molecular complexity index is 507. The summed E-state index contributed by atoms with van der Waals surface area (Å²) in [6.07, 6.45) is 3.37. The van der Waals surface area contributed by atoms with Gasteiger partial charge in [-0.3, -0.25) is 0 Å². The van der Waals surface area contributed by atoms with Gasteiger partial charge >= 0.3 is 0 Å². The molecule has 0 amide bonds. The second-order valence-corrected chi connectivity index (χ2v) is 4.00. The van der Waals surface area contributed by atoms with Crippen molar-refractivity contribution in [3.63, 3.8) is 0 Å². The molecule has 4 nitrogen and oxygen atoms in total. The standard InChI is InChI=1S/C12H15FN4/c1-9-4-5-11(13)12(7-9)17-8-10(15-16-17)3-2-6-14/h4-5,7-8H,2-3,6,14H2,1H3. The summed E-state index contributed by atoms with van der Waals surface area (Å²) in [4.78, 5) is 0. The van der Waals surface area contributed by atoms with Gasteiger partial charge in [-0.25, -0.2) is 9.07 Å². The molecule has 2 rings (SSSR count). The molecule has 0 aliphatic heterocycles. The fourth-order valence-electron chi connectivity index (χ4n) is 1.61. The van der Waals surface area contributed by atoms with Crippen LogP contribution in [-0.4, -0.2) is 21.5 Å². The van der Waals surface area contributed by atoms with Crippen molar-refractivity contribution in [2.24, 2.45) is 5.73 Å². The fraction of sp³-hybridized carbons (Fsp3) is 0.333. The lowest BCUT2D eigenvalue weighted by Crippen LogP contribution is -2.00. The van der Waals surface area contributed by atoms with Gasteiger partial charge in [0, 0.05) is 0 Å². The van der Waals surface area contributed by atoms with Crippen molar-refractivity contribution in [1.29, 1.82) is 0 Å². The molecule has 0 fully saturated rings. The van der Waals surface area contributed by atoms with E-state index in [-0.39, 0.29) is 5.82 Å². The summed E-state index contributed by atoms with van der Waals surface area (Å²) in [5.74, 6) is -0.300. The van der Waals surface area contributed by atoms with Crippen molar-refractivity contribution < 1.29 is 4.39 Å². The number of halogens is 1. The lowest BCUT2D eigenvalue weighted by Gasteiger charge is -2.02. The highest BCUT2D eigenvalue weighted by Gasteiger charge is 2.07. The van der Waals surface area contributed by atoms with Crippen molar-refractivity contribution >= 4 is 0 Å². The van der Waals surface area contributed by atoms with Gasteiger partial charge in [0.2, 0.25) is 0 Å². The Morgan fingerprint density at radius 1 is 1.41 bits per heavy atom. The van der Waals surface area contributed by atoms with E-state index in [0.29, 0.717) is 12.2 Å². The van der Waals surface area contributed by atoms with Crippen LogP contribution in [-0.2, 0) is 6.42 Å². The molecule has 0 radical (unpaired) electrons. The Kier molecular flexibility index (Phi) is 3.49. The van der Waals surface area contributed by atoms with Crippen molar-refractivity contribution in [1.82, 2.24) is 15.0 Å². The molecule has 1 heterocycles. The maximum atomic E-state index is 13.6. The molecule has 0 saturated heterocycles. The molecule has 0 atom stereocenters. The van der Waals surface area contributed by atoms with Crippen LogP contribution in [0, 0.1) is 12.7 Å². The average molecular weight is 234 g/mol. The normalized spacial score (nSPS) is 10.8. The predicted molar refractivity (Wildman–Crippen MR) is 63.4 cm³/mol. The van der Waals surface area contributed by atoms with Crippen LogP contribution in [0.4, 0.5) is 4.39 Å². The van der Waals surface area contributed by atoms with E-state index in [1.165, 1.54) is 10.7 Å². The Balaban J connectivity index is 2.27. The van der Waals surface area contributed by atoms with Crippen molar-refractivity contribution in [3.8, 4) is 5.69 Å². The number of nitrogens with two attached hydrogens (primary N) is 1. The average Bonchev–Trinajstić information content (AvgIpc) is 2.78. The largest absolute Gasteiger partial charge is 0.330 e. The lowest BCUT2D eigenvalue weighted by atomic mass is 10.2. The molecule has 2 aromatic rings. The van der Waals surface area contributed by atoms with Gasteiger partial charge in [-0.1, -0.05) is 11.3 Å². The van der Waals surface area contributed by atoms with E-state index in [9.17, 15) is 4.39 Å². The number of aromatic nitrogens is 3. The van der Waals surface area contributed by atoms with Crippen molar-refractivity contribution in [2.75, 3.05) is 6.54 Å². The molecular weight excluding hydrogens is 219 g/mol. The molecular formula is C12H15FN4. The van der Waals surface area contributed by atoms with Gasteiger partial charge in [-0.15, -0.1) is 5.10 Å². The van der Waals surface area contributed by atoms with Crippen LogP contribution in [0.1, 0.15) is 17.7 Å². The molecule has 0 unspecified atom stereocenters. The van der Waals surface area contributed by atoms with E-state index in [0.717, 1.165) is 24.1 Å². The molecule has 90 valence electrons. The summed E-state index contributed by atoms with van der Waals surface area (Å²) in [6.45, 7) is 2.53. The third-order valence-electron chi connectivity index (χ3n) is 2.53. The van der Waals surface area contributed by atoms with Crippen LogP contribution in [0.3, 0.4) is 0 Å². The predicted octanol–water partition coefficient (Wildman–Crippen LogP) is 1.61. The minimum Gasteiger partial charge on any atom is -0.330 e. The van der Waals surface area contributed by atoms with Crippen LogP contribution >= 0.6 is 0 Å². The number of benzene rings is 1. The first-order valence-electron chi connectivity index (χ1n) is 5.58. The summed E-state index contributed by atoms with van der Waals surface area (Å²) in [7, 11) is 0. The summed E-state index contributed by atoms with van der Waals surface area (Å²) in [5, 5.41) is 7.92. The molecule has 0 aliphatic carbocycles. The summed E-state index contributed by atoms with van der Waals surface area (Å²) in [6, 6.07) is 4.91. The SMILES string of the molecule is Cc1ccc(F)c(-n2cc(CCCN)nn2)c1. The molecule has 2 N–H and O–H groups in total. The Morgan fingerprint density at radius 2 is 2.24 bits per heavy atom. The van der Waals surface area contributed by atoms with Crippen LogP contribution in [0.25, 0.3) is 5.69 Å². The molecule has 1 aromatic heterocycles. The molecule has 0 aliphatic rings. The Labute approximate surface area is 99.2 Å². The Hall–Kier alpha value is -1.75. The van der Waals surface area contributed by atoms with Gasteiger partial charge < -0.3 is 5.73 Å².